The molecule has 0 saturated carbocycles. The Hall–Kier alpha value is -3.42. The summed E-state index contributed by atoms with van der Waals surface area (Å²) in [5, 5.41) is 10.9. The van der Waals surface area contributed by atoms with E-state index in [-0.39, 0.29) is 5.88 Å². The molecule has 1 N–H and O–H groups in total. The highest BCUT2D eigenvalue weighted by Gasteiger charge is 2.18. The van der Waals surface area contributed by atoms with Crippen molar-refractivity contribution >= 4 is 10.9 Å². The van der Waals surface area contributed by atoms with E-state index < -0.39 is 0 Å². The fraction of sp³-hybridized carbons (Fsp3) is 0.263. The number of hydrogen-bond acceptors (Lipinski definition) is 8. The van der Waals surface area contributed by atoms with Crippen molar-refractivity contribution in [3.63, 3.8) is 0 Å². The third-order valence-electron chi connectivity index (χ3n) is 4.10. The molecule has 8 nitrogen and oxygen atoms in total. The molecular weight excluding hydrogens is 352 g/mol. The normalized spacial score (nSPS) is 10.6. The molecule has 0 radical (unpaired) electrons. The van der Waals surface area contributed by atoms with Crippen molar-refractivity contribution in [2.45, 2.75) is 0 Å². The van der Waals surface area contributed by atoms with E-state index in [0.717, 1.165) is 0 Å². The van der Waals surface area contributed by atoms with E-state index >= 15 is 0 Å². The third kappa shape index (κ3) is 3.21. The van der Waals surface area contributed by atoms with Gasteiger partial charge in [0.2, 0.25) is 11.6 Å². The van der Waals surface area contributed by atoms with Crippen molar-refractivity contribution in [3.8, 4) is 46.0 Å². The standard InChI is InChI=1S/C19H20N2O6/c1-23-13-8-11-12(9-14(13)24-2)20-18(21-19(11)22)10-6-15(25-3)17(27-5)16(7-10)26-4/h6-9H,1-5H3,(H,20,21,22). The molecule has 0 aliphatic carbocycles. The van der Waals surface area contributed by atoms with Crippen LogP contribution in [0.4, 0.5) is 0 Å². The molecular formula is C19H20N2O6. The molecule has 1 heterocycles. The van der Waals surface area contributed by atoms with Gasteiger partial charge in [-0.25, -0.2) is 4.98 Å². The highest BCUT2D eigenvalue weighted by atomic mass is 16.5. The number of rotatable bonds is 6. The molecule has 3 rings (SSSR count). The van der Waals surface area contributed by atoms with Gasteiger partial charge in [-0.2, -0.15) is 4.98 Å². The number of ether oxygens (including phenoxy) is 5. The summed E-state index contributed by atoms with van der Waals surface area (Å²) >= 11 is 0. The minimum atomic E-state index is -0.176. The van der Waals surface area contributed by atoms with E-state index in [4.69, 9.17) is 23.7 Å². The first-order valence-electron chi connectivity index (χ1n) is 7.99. The van der Waals surface area contributed by atoms with Gasteiger partial charge in [0.15, 0.2) is 28.8 Å². The SMILES string of the molecule is COc1cc2nc(-c3cc(OC)c(OC)c(OC)c3)nc(O)c2cc1OC. The maximum absolute atomic E-state index is 10.4. The molecule has 0 unspecified atom stereocenters. The minimum absolute atomic E-state index is 0.176. The average molecular weight is 372 g/mol. The summed E-state index contributed by atoms with van der Waals surface area (Å²) in [4.78, 5) is 8.74. The lowest BCUT2D eigenvalue weighted by atomic mass is 10.1. The van der Waals surface area contributed by atoms with Gasteiger partial charge in [-0.1, -0.05) is 0 Å². The van der Waals surface area contributed by atoms with Crippen LogP contribution in [0.2, 0.25) is 0 Å². The van der Waals surface area contributed by atoms with E-state index in [1.165, 1.54) is 35.5 Å². The molecule has 27 heavy (non-hydrogen) atoms. The molecule has 0 atom stereocenters. The van der Waals surface area contributed by atoms with Crippen molar-refractivity contribution in [3.05, 3.63) is 24.3 Å². The van der Waals surface area contributed by atoms with E-state index in [2.05, 4.69) is 9.97 Å². The predicted octanol–water partition coefficient (Wildman–Crippen LogP) is 3.05. The Morgan fingerprint density at radius 2 is 1.22 bits per heavy atom. The highest BCUT2D eigenvalue weighted by molar-refractivity contribution is 5.88. The lowest BCUT2D eigenvalue weighted by Gasteiger charge is -2.14. The molecule has 0 fully saturated rings. The number of hydrogen-bond donors (Lipinski definition) is 1. The van der Waals surface area contributed by atoms with Crippen LogP contribution in [-0.4, -0.2) is 50.6 Å². The summed E-state index contributed by atoms with van der Waals surface area (Å²) in [5.74, 6) is 2.48. The summed E-state index contributed by atoms with van der Waals surface area (Å²) < 4.78 is 26.6. The average Bonchev–Trinajstić information content (AvgIpc) is 2.71. The Labute approximate surface area is 156 Å². The van der Waals surface area contributed by atoms with Crippen LogP contribution in [0, 0.1) is 0 Å². The van der Waals surface area contributed by atoms with Crippen LogP contribution in [0.3, 0.4) is 0 Å². The van der Waals surface area contributed by atoms with Crippen molar-refractivity contribution in [1.82, 2.24) is 9.97 Å². The van der Waals surface area contributed by atoms with Gasteiger partial charge in [0.1, 0.15) is 0 Å². The zero-order valence-electron chi connectivity index (χ0n) is 15.7. The molecule has 0 saturated heterocycles. The zero-order valence-corrected chi connectivity index (χ0v) is 15.7. The number of fused-ring (bicyclic) bond motifs is 1. The molecule has 2 aromatic carbocycles. The maximum Gasteiger partial charge on any atom is 0.222 e. The second-order valence-electron chi connectivity index (χ2n) is 5.51. The van der Waals surface area contributed by atoms with Gasteiger partial charge in [-0.05, 0) is 18.2 Å². The Kier molecular flexibility index (Phi) is 5.07. The van der Waals surface area contributed by atoms with Gasteiger partial charge in [-0.15, -0.1) is 0 Å². The van der Waals surface area contributed by atoms with Gasteiger partial charge >= 0.3 is 0 Å². The van der Waals surface area contributed by atoms with Gasteiger partial charge in [0.05, 0.1) is 46.5 Å². The molecule has 142 valence electrons. The predicted molar refractivity (Wildman–Crippen MR) is 99.4 cm³/mol. The van der Waals surface area contributed by atoms with Crippen LogP contribution in [0.15, 0.2) is 24.3 Å². The van der Waals surface area contributed by atoms with Gasteiger partial charge in [0.25, 0.3) is 0 Å². The first-order chi connectivity index (χ1) is 13.1. The Balaban J connectivity index is 2.23. The summed E-state index contributed by atoms with van der Waals surface area (Å²) in [6.07, 6.45) is 0. The van der Waals surface area contributed by atoms with Crippen molar-refractivity contribution in [2.75, 3.05) is 35.5 Å². The fourth-order valence-corrected chi connectivity index (χ4v) is 2.78. The molecule has 0 aliphatic rings. The van der Waals surface area contributed by atoms with Gasteiger partial charge < -0.3 is 28.8 Å². The van der Waals surface area contributed by atoms with E-state index in [0.29, 0.717) is 51.0 Å². The van der Waals surface area contributed by atoms with Crippen LogP contribution in [0.1, 0.15) is 0 Å². The highest BCUT2D eigenvalue weighted by Crippen LogP contribution is 2.41. The maximum atomic E-state index is 10.4. The first kappa shape index (κ1) is 18.4. The lowest BCUT2D eigenvalue weighted by molar-refractivity contribution is 0.324. The quantitative estimate of drug-likeness (QED) is 0.706. The van der Waals surface area contributed by atoms with Crippen LogP contribution in [0.5, 0.6) is 34.6 Å². The Morgan fingerprint density at radius 3 is 1.74 bits per heavy atom. The lowest BCUT2D eigenvalue weighted by Crippen LogP contribution is -1.98. The van der Waals surface area contributed by atoms with Crippen molar-refractivity contribution in [2.24, 2.45) is 0 Å². The number of methoxy groups -OCH3 is 5. The third-order valence-corrected chi connectivity index (χ3v) is 4.10. The minimum Gasteiger partial charge on any atom is -0.493 e. The number of nitrogens with zero attached hydrogens (tertiary/aromatic N) is 2. The molecule has 0 spiro atoms. The van der Waals surface area contributed by atoms with Crippen LogP contribution < -0.4 is 23.7 Å². The summed E-state index contributed by atoms with van der Waals surface area (Å²) in [6.45, 7) is 0. The van der Waals surface area contributed by atoms with Crippen LogP contribution in [-0.2, 0) is 0 Å². The smallest absolute Gasteiger partial charge is 0.222 e. The Bertz CT molecular complexity index is 965. The van der Waals surface area contributed by atoms with E-state index in [1.807, 2.05) is 0 Å². The monoisotopic (exact) mass is 372 g/mol. The number of aromatic nitrogens is 2. The van der Waals surface area contributed by atoms with Crippen molar-refractivity contribution in [1.29, 1.82) is 0 Å². The zero-order chi connectivity index (χ0) is 19.6. The van der Waals surface area contributed by atoms with Gasteiger partial charge in [0, 0.05) is 11.6 Å². The van der Waals surface area contributed by atoms with Crippen molar-refractivity contribution < 1.29 is 28.8 Å². The number of benzene rings is 2. The summed E-state index contributed by atoms with van der Waals surface area (Å²) in [7, 11) is 7.63. The largest absolute Gasteiger partial charge is 0.493 e. The topological polar surface area (TPSA) is 92.2 Å². The molecule has 1 aromatic heterocycles. The van der Waals surface area contributed by atoms with E-state index in [9.17, 15) is 5.11 Å². The number of aromatic hydroxyl groups is 1. The second-order valence-corrected chi connectivity index (χ2v) is 5.51. The Morgan fingerprint density at radius 1 is 0.667 bits per heavy atom. The fourth-order valence-electron chi connectivity index (χ4n) is 2.78. The molecule has 3 aromatic rings. The van der Waals surface area contributed by atoms with Crippen LogP contribution in [0.25, 0.3) is 22.3 Å². The molecule has 0 bridgehead atoms. The molecule has 0 amide bonds. The van der Waals surface area contributed by atoms with E-state index in [1.54, 1.807) is 24.3 Å². The first-order valence-corrected chi connectivity index (χ1v) is 7.99. The summed E-state index contributed by atoms with van der Waals surface area (Å²) in [5.41, 5.74) is 1.10. The van der Waals surface area contributed by atoms with Gasteiger partial charge in [-0.3, -0.25) is 0 Å². The second kappa shape index (κ2) is 7.45. The summed E-state index contributed by atoms with van der Waals surface area (Å²) in [6, 6.07) is 6.73. The van der Waals surface area contributed by atoms with Crippen LogP contribution >= 0.6 is 0 Å². The molecule has 0 aliphatic heterocycles. The molecule has 8 heteroatoms.